The zero-order valence-corrected chi connectivity index (χ0v) is 19.0. The van der Waals surface area contributed by atoms with Gasteiger partial charge in [-0.05, 0) is 58.9 Å². The van der Waals surface area contributed by atoms with Crippen LogP contribution in [0.15, 0.2) is 66.9 Å². The van der Waals surface area contributed by atoms with Gasteiger partial charge in [-0.15, -0.1) is 0 Å². The van der Waals surface area contributed by atoms with Gasteiger partial charge in [0.05, 0.1) is 22.7 Å². The number of nitrogens with zero attached hydrogens (tertiary/aromatic N) is 1. The summed E-state index contributed by atoms with van der Waals surface area (Å²) in [7, 11) is 0. The average molecular weight is 500 g/mol. The van der Waals surface area contributed by atoms with Crippen molar-refractivity contribution in [1.29, 1.82) is 0 Å². The number of hydrogen-bond donors (Lipinski definition) is 2. The van der Waals surface area contributed by atoms with E-state index >= 15 is 4.39 Å². The fourth-order valence-electron chi connectivity index (χ4n) is 4.58. The van der Waals surface area contributed by atoms with Crippen molar-refractivity contribution >= 4 is 22.9 Å². The largest absolute Gasteiger partial charge is 0.478 e. The van der Waals surface area contributed by atoms with Crippen LogP contribution in [0.25, 0.3) is 17.0 Å². The summed E-state index contributed by atoms with van der Waals surface area (Å²) in [6.45, 7) is 1.69. The Morgan fingerprint density at radius 3 is 2.39 bits per heavy atom. The van der Waals surface area contributed by atoms with Crippen molar-refractivity contribution in [2.24, 2.45) is 0 Å². The van der Waals surface area contributed by atoms with E-state index < -0.39 is 41.2 Å². The molecule has 4 aromatic rings. The van der Waals surface area contributed by atoms with E-state index in [0.29, 0.717) is 22.7 Å². The topological polar surface area (TPSA) is 66.0 Å². The van der Waals surface area contributed by atoms with Gasteiger partial charge >= 0.3 is 12.1 Å². The molecule has 2 unspecified atom stereocenters. The van der Waals surface area contributed by atoms with Gasteiger partial charge in [0.1, 0.15) is 11.6 Å². The van der Waals surface area contributed by atoms with Gasteiger partial charge < -0.3 is 5.11 Å². The molecular formula is C27H21F5N2O2. The molecule has 2 N–H and O–H groups in total. The van der Waals surface area contributed by atoms with Gasteiger partial charge in [0.25, 0.3) is 0 Å². The first kappa shape index (κ1) is 25.1. The lowest BCUT2D eigenvalue weighted by atomic mass is 9.74. The molecule has 36 heavy (non-hydrogen) atoms. The molecule has 0 saturated heterocycles. The molecule has 4 nitrogen and oxygen atoms in total. The van der Waals surface area contributed by atoms with E-state index in [9.17, 15) is 22.4 Å². The van der Waals surface area contributed by atoms with Crippen molar-refractivity contribution in [3.05, 3.63) is 106 Å². The summed E-state index contributed by atoms with van der Waals surface area (Å²) in [5.41, 5.74) is 0.435. The zero-order chi connectivity index (χ0) is 26.0. The summed E-state index contributed by atoms with van der Waals surface area (Å²) >= 11 is 0. The standard InChI is InChI=1S/C27H21F5N2O2/c1-2-18(19-9-8-17(28)13-22(19)27(30,31)32)25(16-6-3-15(4-7-16)5-12-24(35)36)20-10-11-23-21(26(20)29)14-33-34-23/h3-14,18,25H,2H2,1H3,(H,33,34)(H,35,36). The Balaban J connectivity index is 1.92. The number of hydrogen-bond acceptors (Lipinski definition) is 2. The molecule has 2 atom stereocenters. The molecule has 0 aliphatic rings. The second kappa shape index (κ2) is 9.93. The summed E-state index contributed by atoms with van der Waals surface area (Å²) in [5.74, 6) is -4.48. The molecular weight excluding hydrogens is 479 g/mol. The molecule has 0 radical (unpaired) electrons. The molecule has 0 amide bonds. The highest BCUT2D eigenvalue weighted by atomic mass is 19.4. The number of nitrogens with one attached hydrogen (secondary N) is 1. The number of aromatic amines is 1. The Morgan fingerprint density at radius 1 is 1.06 bits per heavy atom. The molecule has 1 heterocycles. The number of aliphatic carboxylic acids is 1. The number of benzene rings is 3. The zero-order valence-electron chi connectivity index (χ0n) is 19.0. The molecule has 4 rings (SSSR count). The number of carboxylic acid groups (broad SMARTS) is 1. The van der Waals surface area contributed by atoms with Gasteiger partial charge in [-0.1, -0.05) is 43.3 Å². The molecule has 0 aliphatic heterocycles. The third-order valence-electron chi connectivity index (χ3n) is 6.20. The van der Waals surface area contributed by atoms with Gasteiger partial charge in [0.15, 0.2) is 0 Å². The first-order valence-corrected chi connectivity index (χ1v) is 11.1. The maximum Gasteiger partial charge on any atom is 0.416 e. The Bertz CT molecular complexity index is 1420. The van der Waals surface area contributed by atoms with E-state index in [1.807, 2.05) is 0 Å². The number of fused-ring (bicyclic) bond motifs is 1. The number of carbonyl (C=O) groups is 1. The minimum absolute atomic E-state index is 0.141. The second-order valence-corrected chi connectivity index (χ2v) is 8.36. The summed E-state index contributed by atoms with van der Waals surface area (Å²) in [5, 5.41) is 15.6. The van der Waals surface area contributed by atoms with Crippen LogP contribution in [0.4, 0.5) is 22.0 Å². The van der Waals surface area contributed by atoms with Crippen LogP contribution in [0.1, 0.15) is 53.0 Å². The molecule has 186 valence electrons. The number of rotatable bonds is 7. The van der Waals surface area contributed by atoms with Crippen molar-refractivity contribution in [2.75, 3.05) is 0 Å². The van der Waals surface area contributed by atoms with E-state index in [4.69, 9.17) is 5.11 Å². The Morgan fingerprint density at radius 2 is 1.75 bits per heavy atom. The number of carboxylic acids is 1. The Labute approximate surface area is 203 Å². The maximum absolute atomic E-state index is 15.7. The van der Waals surface area contributed by atoms with E-state index in [0.717, 1.165) is 18.2 Å². The van der Waals surface area contributed by atoms with Crippen LogP contribution in [-0.4, -0.2) is 21.3 Å². The average Bonchev–Trinajstić information content (AvgIpc) is 3.32. The lowest BCUT2D eigenvalue weighted by molar-refractivity contribution is -0.138. The van der Waals surface area contributed by atoms with E-state index in [-0.39, 0.29) is 22.9 Å². The van der Waals surface area contributed by atoms with E-state index in [1.54, 1.807) is 37.3 Å². The molecule has 3 aromatic carbocycles. The minimum atomic E-state index is -4.81. The minimum Gasteiger partial charge on any atom is -0.478 e. The van der Waals surface area contributed by atoms with Crippen LogP contribution >= 0.6 is 0 Å². The van der Waals surface area contributed by atoms with Crippen LogP contribution in [0.5, 0.6) is 0 Å². The molecule has 1 aromatic heterocycles. The smallest absolute Gasteiger partial charge is 0.416 e. The summed E-state index contributed by atoms with van der Waals surface area (Å²) < 4.78 is 71.4. The van der Waals surface area contributed by atoms with Crippen LogP contribution in [0.2, 0.25) is 0 Å². The van der Waals surface area contributed by atoms with Crippen LogP contribution in [0.3, 0.4) is 0 Å². The Kier molecular flexibility index (Phi) is 6.92. The van der Waals surface area contributed by atoms with Gasteiger partial charge in [0.2, 0.25) is 0 Å². The van der Waals surface area contributed by atoms with Crippen molar-refractivity contribution in [3.63, 3.8) is 0 Å². The lowest BCUT2D eigenvalue weighted by Crippen LogP contribution is -2.19. The number of H-pyrrole nitrogens is 1. The lowest BCUT2D eigenvalue weighted by Gasteiger charge is -2.30. The van der Waals surface area contributed by atoms with Crippen LogP contribution in [0, 0.1) is 11.6 Å². The second-order valence-electron chi connectivity index (χ2n) is 8.36. The SMILES string of the molecule is CCC(c1ccc(F)cc1C(F)(F)F)C(c1ccc(C=CC(=O)O)cc1)c1ccc2[nH]ncc2c1F. The predicted molar refractivity (Wildman–Crippen MR) is 125 cm³/mol. The first-order chi connectivity index (χ1) is 17.1. The van der Waals surface area contributed by atoms with Gasteiger partial charge in [0, 0.05) is 12.0 Å². The van der Waals surface area contributed by atoms with E-state index in [1.165, 1.54) is 18.3 Å². The summed E-state index contributed by atoms with van der Waals surface area (Å²) in [4.78, 5) is 10.8. The summed E-state index contributed by atoms with van der Waals surface area (Å²) in [6.07, 6.45) is -0.970. The van der Waals surface area contributed by atoms with Crippen LogP contribution < -0.4 is 0 Å². The quantitative estimate of drug-likeness (QED) is 0.207. The van der Waals surface area contributed by atoms with Gasteiger partial charge in [-0.3, -0.25) is 5.10 Å². The maximum atomic E-state index is 15.7. The molecule has 0 bridgehead atoms. The fourth-order valence-corrected chi connectivity index (χ4v) is 4.58. The summed E-state index contributed by atoms with van der Waals surface area (Å²) in [6, 6.07) is 12.1. The predicted octanol–water partition coefficient (Wildman–Crippen LogP) is 7.28. The fraction of sp³-hybridized carbons (Fsp3) is 0.185. The van der Waals surface area contributed by atoms with Crippen molar-refractivity contribution in [2.45, 2.75) is 31.4 Å². The highest BCUT2D eigenvalue weighted by Crippen LogP contribution is 2.46. The highest BCUT2D eigenvalue weighted by molar-refractivity contribution is 5.85. The number of aromatic nitrogens is 2. The van der Waals surface area contributed by atoms with E-state index in [2.05, 4.69) is 10.2 Å². The molecule has 0 saturated carbocycles. The molecule has 0 aliphatic carbocycles. The van der Waals surface area contributed by atoms with Crippen LogP contribution in [-0.2, 0) is 11.0 Å². The Hall–Kier alpha value is -4.01. The molecule has 0 fully saturated rings. The third-order valence-corrected chi connectivity index (χ3v) is 6.20. The third kappa shape index (κ3) is 5.00. The number of alkyl halides is 3. The molecule has 0 spiro atoms. The van der Waals surface area contributed by atoms with Gasteiger partial charge in [-0.25, -0.2) is 13.6 Å². The normalized spacial score (nSPS) is 13.8. The first-order valence-electron chi connectivity index (χ1n) is 11.1. The monoisotopic (exact) mass is 500 g/mol. The number of halogens is 5. The van der Waals surface area contributed by atoms with Crippen molar-refractivity contribution in [1.82, 2.24) is 10.2 Å². The highest BCUT2D eigenvalue weighted by Gasteiger charge is 2.38. The van der Waals surface area contributed by atoms with Crippen molar-refractivity contribution in [3.8, 4) is 0 Å². The molecule has 9 heteroatoms. The van der Waals surface area contributed by atoms with Crippen molar-refractivity contribution < 1.29 is 31.9 Å². The van der Waals surface area contributed by atoms with Gasteiger partial charge in [-0.2, -0.15) is 18.3 Å².